The maximum Gasteiger partial charge on any atom is 0.129 e. The molecule has 1 aliphatic rings. The summed E-state index contributed by atoms with van der Waals surface area (Å²) < 4.78 is 18.3. The Hall–Kier alpha value is -0.930. The molecule has 2 rings (SSSR count). The predicted molar refractivity (Wildman–Crippen MR) is 45.7 cm³/mol. The van der Waals surface area contributed by atoms with E-state index in [0.717, 1.165) is 0 Å². The van der Waals surface area contributed by atoms with Crippen LogP contribution in [0.15, 0.2) is 24.3 Å². The molecule has 1 saturated heterocycles. The quantitative estimate of drug-likeness (QED) is 0.705. The molecule has 2 unspecified atom stereocenters. The van der Waals surface area contributed by atoms with E-state index in [9.17, 15) is 4.39 Å². The molecular formula is C10H11FO2. The summed E-state index contributed by atoms with van der Waals surface area (Å²) in [6, 6.07) is 6.48. The van der Waals surface area contributed by atoms with Crippen LogP contribution in [0.3, 0.4) is 0 Å². The van der Waals surface area contributed by atoms with E-state index in [1.165, 1.54) is 6.07 Å². The first-order chi connectivity index (χ1) is 6.20. The summed E-state index contributed by atoms with van der Waals surface area (Å²) in [4.78, 5) is 0. The number of hydrogen-bond acceptors (Lipinski definition) is 2. The Morgan fingerprint density at radius 2 is 2.15 bits per heavy atom. The van der Waals surface area contributed by atoms with Crippen molar-refractivity contribution >= 4 is 0 Å². The molecule has 3 atom stereocenters. The Labute approximate surface area is 76.0 Å². The summed E-state index contributed by atoms with van der Waals surface area (Å²) in [5, 5.41) is 9.17. The first kappa shape index (κ1) is 8.66. The van der Waals surface area contributed by atoms with Crippen LogP contribution < -0.4 is 0 Å². The standard InChI is InChI=1S/C10H11FO2/c1-6(12)9-10(13-9)7-4-2-3-5-8(7)11/h2-6,9-10,12H,1H3/t6?,9?,10-/m1/s1. The molecule has 3 heteroatoms. The Balaban J connectivity index is 2.16. The van der Waals surface area contributed by atoms with Crippen molar-refractivity contribution in [2.24, 2.45) is 0 Å². The van der Waals surface area contributed by atoms with E-state index in [4.69, 9.17) is 9.84 Å². The number of aliphatic hydroxyl groups excluding tert-OH is 1. The fraction of sp³-hybridized carbons (Fsp3) is 0.400. The monoisotopic (exact) mass is 182 g/mol. The number of ether oxygens (including phenoxy) is 1. The number of aliphatic hydroxyl groups is 1. The van der Waals surface area contributed by atoms with E-state index in [2.05, 4.69) is 0 Å². The Morgan fingerprint density at radius 3 is 2.69 bits per heavy atom. The van der Waals surface area contributed by atoms with Crippen molar-refractivity contribution in [2.75, 3.05) is 0 Å². The predicted octanol–water partition coefficient (Wildman–Crippen LogP) is 1.65. The average molecular weight is 182 g/mol. The van der Waals surface area contributed by atoms with Gasteiger partial charge in [-0.2, -0.15) is 0 Å². The molecule has 1 heterocycles. The van der Waals surface area contributed by atoms with Crippen molar-refractivity contribution in [3.63, 3.8) is 0 Å². The van der Waals surface area contributed by atoms with E-state index < -0.39 is 6.10 Å². The highest BCUT2D eigenvalue weighted by molar-refractivity contribution is 5.24. The third-order valence-corrected chi connectivity index (χ3v) is 2.21. The molecule has 0 aromatic heterocycles. The normalized spacial score (nSPS) is 28.5. The summed E-state index contributed by atoms with van der Waals surface area (Å²) in [6.07, 6.45) is -1.04. The molecule has 0 radical (unpaired) electrons. The van der Waals surface area contributed by atoms with E-state index in [1.807, 2.05) is 0 Å². The van der Waals surface area contributed by atoms with Gasteiger partial charge in [0.2, 0.25) is 0 Å². The molecule has 1 fully saturated rings. The minimum atomic E-state index is -0.537. The highest BCUT2D eigenvalue weighted by Gasteiger charge is 2.44. The number of rotatable bonds is 2. The number of hydrogen-bond donors (Lipinski definition) is 1. The molecule has 13 heavy (non-hydrogen) atoms. The maximum absolute atomic E-state index is 13.2. The van der Waals surface area contributed by atoms with Gasteiger partial charge in [0.25, 0.3) is 0 Å². The van der Waals surface area contributed by atoms with Crippen LogP contribution >= 0.6 is 0 Å². The fourth-order valence-corrected chi connectivity index (χ4v) is 1.45. The van der Waals surface area contributed by atoms with Crippen molar-refractivity contribution in [3.8, 4) is 0 Å². The highest BCUT2D eigenvalue weighted by atomic mass is 19.1. The van der Waals surface area contributed by atoms with Crippen LogP contribution in [0.2, 0.25) is 0 Å². The van der Waals surface area contributed by atoms with Crippen LogP contribution in [0.5, 0.6) is 0 Å². The van der Waals surface area contributed by atoms with Gasteiger partial charge in [0, 0.05) is 5.56 Å². The molecular weight excluding hydrogens is 171 g/mol. The lowest BCUT2D eigenvalue weighted by Gasteiger charge is -1.99. The van der Waals surface area contributed by atoms with Crippen LogP contribution in [0.4, 0.5) is 4.39 Å². The molecule has 1 aromatic carbocycles. The van der Waals surface area contributed by atoms with Gasteiger partial charge < -0.3 is 9.84 Å². The van der Waals surface area contributed by atoms with Crippen molar-refractivity contribution in [1.29, 1.82) is 0 Å². The lowest BCUT2D eigenvalue weighted by molar-refractivity contribution is 0.152. The molecule has 0 bridgehead atoms. The molecule has 1 aromatic rings. The summed E-state index contributed by atoms with van der Waals surface area (Å²) >= 11 is 0. The zero-order valence-electron chi connectivity index (χ0n) is 7.27. The van der Waals surface area contributed by atoms with Gasteiger partial charge in [-0.3, -0.25) is 0 Å². The fourth-order valence-electron chi connectivity index (χ4n) is 1.45. The molecule has 0 amide bonds. The summed E-state index contributed by atoms with van der Waals surface area (Å²) in [7, 11) is 0. The number of benzene rings is 1. The van der Waals surface area contributed by atoms with E-state index in [-0.39, 0.29) is 18.0 Å². The summed E-state index contributed by atoms with van der Waals surface area (Å²) in [5.74, 6) is -0.268. The van der Waals surface area contributed by atoms with E-state index >= 15 is 0 Å². The molecule has 0 aliphatic carbocycles. The molecule has 70 valence electrons. The second-order valence-electron chi connectivity index (χ2n) is 3.28. The molecule has 1 N–H and O–H groups in total. The minimum Gasteiger partial charge on any atom is -0.391 e. The second-order valence-corrected chi connectivity index (χ2v) is 3.28. The van der Waals surface area contributed by atoms with Crippen LogP contribution in [-0.2, 0) is 4.74 Å². The minimum absolute atomic E-state index is 0.239. The zero-order valence-corrected chi connectivity index (χ0v) is 7.27. The van der Waals surface area contributed by atoms with E-state index in [0.29, 0.717) is 5.56 Å². The third-order valence-electron chi connectivity index (χ3n) is 2.21. The number of halogens is 1. The molecule has 0 saturated carbocycles. The second kappa shape index (κ2) is 3.09. The lowest BCUT2D eigenvalue weighted by atomic mass is 10.1. The zero-order chi connectivity index (χ0) is 9.42. The maximum atomic E-state index is 13.2. The van der Waals surface area contributed by atoms with Crippen LogP contribution in [0, 0.1) is 5.82 Å². The first-order valence-electron chi connectivity index (χ1n) is 4.28. The Morgan fingerprint density at radius 1 is 1.46 bits per heavy atom. The SMILES string of the molecule is CC(O)C1O[C@@H]1c1ccccc1F. The van der Waals surface area contributed by atoms with Gasteiger partial charge in [-0.25, -0.2) is 4.39 Å². The first-order valence-corrected chi connectivity index (χ1v) is 4.28. The van der Waals surface area contributed by atoms with Crippen molar-refractivity contribution in [1.82, 2.24) is 0 Å². The largest absolute Gasteiger partial charge is 0.391 e. The van der Waals surface area contributed by atoms with Crippen molar-refractivity contribution in [2.45, 2.75) is 25.2 Å². The van der Waals surface area contributed by atoms with Crippen molar-refractivity contribution in [3.05, 3.63) is 35.6 Å². The molecule has 2 nitrogen and oxygen atoms in total. The third kappa shape index (κ3) is 1.57. The van der Waals surface area contributed by atoms with Crippen LogP contribution in [0.25, 0.3) is 0 Å². The Kier molecular flexibility index (Phi) is 2.06. The lowest BCUT2D eigenvalue weighted by Crippen LogP contribution is -2.09. The van der Waals surface area contributed by atoms with Gasteiger partial charge in [-0.1, -0.05) is 18.2 Å². The highest BCUT2D eigenvalue weighted by Crippen LogP contribution is 2.41. The Bertz CT molecular complexity index is 312. The van der Waals surface area contributed by atoms with Crippen molar-refractivity contribution < 1.29 is 14.2 Å². The molecule has 0 spiro atoms. The summed E-state index contributed by atoms with van der Waals surface area (Å²) in [6.45, 7) is 1.64. The van der Waals surface area contributed by atoms with E-state index in [1.54, 1.807) is 25.1 Å². The molecule has 1 aliphatic heterocycles. The van der Waals surface area contributed by atoms with Gasteiger partial charge in [0.15, 0.2) is 0 Å². The smallest absolute Gasteiger partial charge is 0.129 e. The van der Waals surface area contributed by atoms with Gasteiger partial charge in [0.1, 0.15) is 18.0 Å². The van der Waals surface area contributed by atoms with Crippen LogP contribution in [0.1, 0.15) is 18.6 Å². The summed E-state index contributed by atoms with van der Waals surface area (Å²) in [5.41, 5.74) is 0.536. The number of epoxide rings is 1. The average Bonchev–Trinajstić information content (AvgIpc) is 2.84. The van der Waals surface area contributed by atoms with Crippen LogP contribution in [-0.4, -0.2) is 17.3 Å². The van der Waals surface area contributed by atoms with Gasteiger partial charge in [-0.05, 0) is 13.0 Å². The van der Waals surface area contributed by atoms with Gasteiger partial charge in [0.05, 0.1) is 6.10 Å². The van der Waals surface area contributed by atoms with Gasteiger partial charge in [-0.15, -0.1) is 0 Å². The van der Waals surface area contributed by atoms with Gasteiger partial charge >= 0.3 is 0 Å². The topological polar surface area (TPSA) is 32.8 Å².